The van der Waals surface area contributed by atoms with Crippen LogP contribution in [0, 0.1) is 0 Å². The van der Waals surface area contributed by atoms with E-state index in [0.29, 0.717) is 17.0 Å². The van der Waals surface area contributed by atoms with Crippen molar-refractivity contribution < 1.29 is 0 Å². The Bertz CT molecular complexity index is 282. The van der Waals surface area contributed by atoms with Crippen molar-refractivity contribution in [2.24, 2.45) is 0 Å². The van der Waals surface area contributed by atoms with Gasteiger partial charge in [0.2, 0.25) is 0 Å². The van der Waals surface area contributed by atoms with Crippen LogP contribution in [0.5, 0.6) is 0 Å². The lowest BCUT2D eigenvalue weighted by Gasteiger charge is -2.44. The summed E-state index contributed by atoms with van der Waals surface area (Å²) in [5, 5.41) is 17.9. The highest BCUT2D eigenvalue weighted by atomic mass is 79.9. The first-order chi connectivity index (χ1) is 8.78. The fourth-order valence-corrected chi connectivity index (χ4v) is 4.18. The molecule has 2 heterocycles. The zero-order valence-electron chi connectivity index (χ0n) is 10.8. The molecule has 5 N–H and O–H groups in total. The maximum absolute atomic E-state index is 3.84. The Labute approximate surface area is 117 Å². The smallest absolute Gasteiger partial charge is 0.0797 e. The molecule has 3 aliphatic rings. The van der Waals surface area contributed by atoms with E-state index in [1.54, 1.807) is 0 Å². The van der Waals surface area contributed by atoms with Gasteiger partial charge in [-0.2, -0.15) is 0 Å². The topological polar surface area (TPSA) is 60.1 Å². The van der Waals surface area contributed by atoms with Crippen LogP contribution in [0.1, 0.15) is 25.7 Å². The fourth-order valence-electron chi connectivity index (χ4n) is 3.41. The Kier molecular flexibility index (Phi) is 4.22. The third-order valence-electron chi connectivity index (χ3n) is 4.44. The average molecular weight is 318 g/mol. The first-order valence-electron chi connectivity index (χ1n) is 7.08. The van der Waals surface area contributed by atoms with E-state index in [4.69, 9.17) is 0 Å². The van der Waals surface area contributed by atoms with E-state index < -0.39 is 0 Å². The molecule has 2 saturated heterocycles. The van der Waals surface area contributed by atoms with Crippen molar-refractivity contribution in [2.75, 3.05) is 26.4 Å². The van der Waals surface area contributed by atoms with E-state index in [0.717, 1.165) is 26.4 Å². The molecule has 2 aliphatic heterocycles. The highest BCUT2D eigenvalue weighted by Gasteiger charge is 2.43. The molecule has 4 unspecified atom stereocenters. The van der Waals surface area contributed by atoms with Gasteiger partial charge in [-0.15, -0.1) is 0 Å². The third-order valence-corrected chi connectivity index (χ3v) is 5.27. The molecule has 6 heteroatoms. The van der Waals surface area contributed by atoms with E-state index in [2.05, 4.69) is 42.5 Å². The summed E-state index contributed by atoms with van der Waals surface area (Å²) in [4.78, 5) is 0.691. The van der Waals surface area contributed by atoms with Crippen molar-refractivity contribution in [2.45, 2.75) is 48.3 Å². The Morgan fingerprint density at radius 2 is 1.94 bits per heavy atom. The number of hydrogen-bond donors (Lipinski definition) is 5. The molecular weight excluding hydrogens is 294 g/mol. The van der Waals surface area contributed by atoms with Gasteiger partial charge in [-0.1, -0.05) is 22.4 Å². The monoisotopic (exact) mass is 317 g/mol. The van der Waals surface area contributed by atoms with Crippen LogP contribution >= 0.6 is 15.9 Å². The van der Waals surface area contributed by atoms with Crippen molar-refractivity contribution in [3.8, 4) is 0 Å². The molecule has 1 aliphatic carbocycles. The van der Waals surface area contributed by atoms with Crippen LogP contribution in [0.15, 0.2) is 0 Å². The molecule has 3 fully saturated rings. The first-order valence-corrected chi connectivity index (χ1v) is 8.00. The van der Waals surface area contributed by atoms with Crippen LogP contribution in [-0.2, 0) is 0 Å². The van der Waals surface area contributed by atoms with Crippen LogP contribution in [0.2, 0.25) is 0 Å². The molecule has 0 aromatic carbocycles. The number of hydrogen-bond acceptors (Lipinski definition) is 5. The van der Waals surface area contributed by atoms with Crippen molar-refractivity contribution in [3.63, 3.8) is 0 Å². The van der Waals surface area contributed by atoms with Crippen LogP contribution in [0.3, 0.4) is 0 Å². The van der Waals surface area contributed by atoms with Gasteiger partial charge in [0, 0.05) is 37.3 Å². The summed E-state index contributed by atoms with van der Waals surface area (Å²) in [7, 11) is 0. The Morgan fingerprint density at radius 3 is 2.67 bits per heavy atom. The second-order valence-electron chi connectivity index (χ2n) is 5.80. The molecule has 1 saturated carbocycles. The van der Waals surface area contributed by atoms with Crippen molar-refractivity contribution >= 4 is 15.9 Å². The lowest BCUT2D eigenvalue weighted by Crippen LogP contribution is -2.74. The predicted molar refractivity (Wildman–Crippen MR) is 76.6 cm³/mol. The largest absolute Gasteiger partial charge is 0.302 e. The minimum Gasteiger partial charge on any atom is -0.302 e. The molecule has 0 amide bonds. The van der Waals surface area contributed by atoms with Gasteiger partial charge in [-0.25, -0.2) is 0 Å². The van der Waals surface area contributed by atoms with E-state index in [-0.39, 0.29) is 5.54 Å². The van der Waals surface area contributed by atoms with Crippen LogP contribution in [0.25, 0.3) is 0 Å². The standard InChI is InChI=1S/C12H24BrN5/c13-9-2-1-3-10(4-9)18-11-12(5-14-7-16-11)6-15-8-17-12/h9-11,14-18H,1-8H2. The summed E-state index contributed by atoms with van der Waals surface area (Å²) in [6.45, 7) is 3.85. The average Bonchev–Trinajstić information content (AvgIpc) is 2.82. The summed E-state index contributed by atoms with van der Waals surface area (Å²) in [5.74, 6) is 0. The van der Waals surface area contributed by atoms with E-state index >= 15 is 0 Å². The van der Waals surface area contributed by atoms with Gasteiger partial charge in [-0.05, 0) is 19.3 Å². The predicted octanol–water partition coefficient (Wildman–Crippen LogP) is -0.352. The van der Waals surface area contributed by atoms with E-state index in [1.165, 1.54) is 25.7 Å². The summed E-state index contributed by atoms with van der Waals surface area (Å²) < 4.78 is 0. The molecule has 3 rings (SSSR count). The van der Waals surface area contributed by atoms with Crippen LogP contribution in [-0.4, -0.2) is 49.0 Å². The second kappa shape index (κ2) is 5.73. The number of halogens is 1. The maximum atomic E-state index is 3.84. The second-order valence-corrected chi connectivity index (χ2v) is 7.10. The molecule has 5 nitrogen and oxygen atoms in total. The molecule has 0 aromatic rings. The van der Waals surface area contributed by atoms with Crippen molar-refractivity contribution in [1.82, 2.24) is 26.6 Å². The van der Waals surface area contributed by atoms with Crippen molar-refractivity contribution in [1.29, 1.82) is 0 Å². The summed E-state index contributed by atoms with van der Waals surface area (Å²) in [6, 6.07) is 0.637. The van der Waals surface area contributed by atoms with E-state index in [9.17, 15) is 0 Å². The molecule has 0 aromatic heterocycles. The number of alkyl halides is 1. The molecule has 18 heavy (non-hydrogen) atoms. The third kappa shape index (κ3) is 2.73. The molecule has 0 radical (unpaired) electrons. The summed E-state index contributed by atoms with van der Waals surface area (Å²) in [5.41, 5.74) is 0.123. The molecule has 1 spiro atoms. The summed E-state index contributed by atoms with van der Waals surface area (Å²) >= 11 is 3.77. The Balaban J connectivity index is 1.62. The maximum Gasteiger partial charge on any atom is 0.0797 e. The quantitative estimate of drug-likeness (QED) is 0.451. The van der Waals surface area contributed by atoms with Gasteiger partial charge >= 0.3 is 0 Å². The van der Waals surface area contributed by atoms with Gasteiger partial charge in [-0.3, -0.25) is 16.0 Å². The minimum atomic E-state index is 0.123. The first kappa shape index (κ1) is 13.3. The minimum absolute atomic E-state index is 0.123. The lowest BCUT2D eigenvalue weighted by atomic mass is 9.90. The normalized spacial score (nSPS) is 45.5. The molecule has 104 valence electrons. The van der Waals surface area contributed by atoms with Crippen molar-refractivity contribution in [3.05, 3.63) is 0 Å². The highest BCUT2D eigenvalue weighted by Crippen LogP contribution is 2.25. The Morgan fingerprint density at radius 1 is 1.11 bits per heavy atom. The Hall–Kier alpha value is 0.280. The number of rotatable bonds is 2. The van der Waals surface area contributed by atoms with Gasteiger partial charge in [0.05, 0.1) is 11.7 Å². The van der Waals surface area contributed by atoms with Crippen LogP contribution < -0.4 is 26.6 Å². The van der Waals surface area contributed by atoms with Gasteiger partial charge < -0.3 is 10.6 Å². The van der Waals surface area contributed by atoms with E-state index in [1.807, 2.05) is 0 Å². The van der Waals surface area contributed by atoms with Gasteiger partial charge in [0.15, 0.2) is 0 Å². The number of nitrogens with one attached hydrogen (secondary N) is 5. The highest BCUT2D eigenvalue weighted by molar-refractivity contribution is 9.09. The zero-order valence-corrected chi connectivity index (χ0v) is 12.4. The summed E-state index contributed by atoms with van der Waals surface area (Å²) in [6.07, 6.45) is 5.56. The fraction of sp³-hybridized carbons (Fsp3) is 1.00. The van der Waals surface area contributed by atoms with Crippen LogP contribution in [0.4, 0.5) is 0 Å². The SMILES string of the molecule is BrC1CCCC(NC2NCNCC23CNCN3)C1. The van der Waals surface area contributed by atoms with Gasteiger partial charge in [0.25, 0.3) is 0 Å². The van der Waals surface area contributed by atoms with Gasteiger partial charge in [0.1, 0.15) is 0 Å². The zero-order chi connectivity index (χ0) is 12.4. The molecule has 0 bridgehead atoms. The molecule has 4 atom stereocenters. The molecular formula is C12H24BrN5. The lowest BCUT2D eigenvalue weighted by molar-refractivity contribution is 0.163.